The highest BCUT2D eigenvalue weighted by Gasteiger charge is 2.21. The summed E-state index contributed by atoms with van der Waals surface area (Å²) in [5.74, 6) is 0. The van der Waals surface area contributed by atoms with Crippen LogP contribution in [-0.2, 0) is 0 Å². The zero-order valence-electron chi connectivity index (χ0n) is 21.0. The first-order chi connectivity index (χ1) is 19.4. The van der Waals surface area contributed by atoms with E-state index in [4.69, 9.17) is 4.42 Å². The molecule has 0 aliphatic rings. The summed E-state index contributed by atoms with van der Waals surface area (Å²) in [7, 11) is 0. The molecule has 3 aromatic heterocycles. The first-order valence-corrected chi connectivity index (χ1v) is 13.3. The van der Waals surface area contributed by atoms with Crippen LogP contribution in [0.5, 0.6) is 0 Å². The minimum Gasteiger partial charge on any atom is -0.456 e. The lowest BCUT2D eigenvalue weighted by Gasteiger charge is -2.09. The Kier molecular flexibility index (Phi) is 4.05. The monoisotopic (exact) mass is 498 g/mol. The Bertz CT molecular complexity index is 2370. The van der Waals surface area contributed by atoms with Gasteiger partial charge in [-0.1, -0.05) is 72.8 Å². The van der Waals surface area contributed by atoms with Gasteiger partial charge in [0.1, 0.15) is 11.2 Å². The van der Waals surface area contributed by atoms with Crippen LogP contribution in [0.1, 0.15) is 0 Å². The Hall–Kier alpha value is -5.28. The molecule has 0 spiro atoms. The zero-order valence-corrected chi connectivity index (χ0v) is 21.0. The number of hydrogen-bond donors (Lipinski definition) is 0. The number of aromatic nitrogens is 2. The van der Waals surface area contributed by atoms with Gasteiger partial charge in [-0.15, -0.1) is 0 Å². The molecule has 3 heteroatoms. The fourth-order valence-corrected chi connectivity index (χ4v) is 6.49. The number of para-hydroxylation sites is 4. The van der Waals surface area contributed by atoms with Crippen LogP contribution in [0.15, 0.2) is 138 Å². The maximum absolute atomic E-state index is 6.34. The molecule has 0 fully saturated rings. The summed E-state index contributed by atoms with van der Waals surface area (Å²) in [6.45, 7) is 0. The third-order valence-electron chi connectivity index (χ3n) is 8.09. The highest BCUT2D eigenvalue weighted by molar-refractivity contribution is 6.29. The van der Waals surface area contributed by atoms with Crippen LogP contribution in [0.2, 0.25) is 0 Å². The second-order valence-electron chi connectivity index (χ2n) is 10.2. The van der Waals surface area contributed by atoms with Gasteiger partial charge in [0.15, 0.2) is 0 Å². The van der Waals surface area contributed by atoms with E-state index in [2.05, 4.69) is 137 Å². The van der Waals surface area contributed by atoms with Crippen molar-refractivity contribution >= 4 is 65.6 Å². The maximum Gasteiger partial charge on any atom is 0.136 e. The molecule has 182 valence electrons. The van der Waals surface area contributed by atoms with E-state index in [1.54, 1.807) is 0 Å². The highest BCUT2D eigenvalue weighted by atomic mass is 16.3. The Labute approximate surface area is 223 Å². The topological polar surface area (TPSA) is 23.0 Å². The SMILES string of the molecule is c1ccc(-n2c3ccccc3c3cc4c(cc32)c2c3c(ccc2n4-c2ccccc2)oc2ccccc23)cc1. The molecule has 6 aromatic carbocycles. The molecule has 0 amide bonds. The number of rotatable bonds is 2. The van der Waals surface area contributed by atoms with Crippen LogP contribution in [0, 0.1) is 0 Å². The Morgan fingerprint density at radius 1 is 0.359 bits per heavy atom. The summed E-state index contributed by atoms with van der Waals surface area (Å²) in [5.41, 5.74) is 8.92. The summed E-state index contributed by atoms with van der Waals surface area (Å²) < 4.78 is 11.1. The van der Waals surface area contributed by atoms with E-state index in [-0.39, 0.29) is 0 Å². The van der Waals surface area contributed by atoms with Crippen molar-refractivity contribution in [2.45, 2.75) is 0 Å². The number of benzene rings is 6. The van der Waals surface area contributed by atoms with Gasteiger partial charge in [0, 0.05) is 43.7 Å². The van der Waals surface area contributed by atoms with Crippen LogP contribution >= 0.6 is 0 Å². The summed E-state index contributed by atoms with van der Waals surface area (Å²) in [6, 6.07) is 47.5. The van der Waals surface area contributed by atoms with E-state index in [1.807, 2.05) is 6.07 Å². The summed E-state index contributed by atoms with van der Waals surface area (Å²) in [4.78, 5) is 0. The average molecular weight is 499 g/mol. The van der Waals surface area contributed by atoms with E-state index in [0.29, 0.717) is 0 Å². The molecular formula is C36H22N2O. The number of furan rings is 1. The van der Waals surface area contributed by atoms with Crippen molar-refractivity contribution in [3.63, 3.8) is 0 Å². The molecule has 9 aromatic rings. The first-order valence-electron chi connectivity index (χ1n) is 13.3. The van der Waals surface area contributed by atoms with Gasteiger partial charge >= 0.3 is 0 Å². The van der Waals surface area contributed by atoms with Crippen molar-refractivity contribution in [1.82, 2.24) is 9.13 Å². The predicted octanol–water partition coefficient (Wildman–Crippen LogP) is 9.78. The van der Waals surface area contributed by atoms with Crippen LogP contribution in [-0.4, -0.2) is 9.13 Å². The second-order valence-corrected chi connectivity index (χ2v) is 10.2. The molecule has 0 aliphatic heterocycles. The molecule has 0 bridgehead atoms. The summed E-state index contributed by atoms with van der Waals surface area (Å²) in [6.07, 6.45) is 0. The lowest BCUT2D eigenvalue weighted by molar-refractivity contribution is 0.669. The Balaban J connectivity index is 1.56. The molecule has 0 atom stereocenters. The summed E-state index contributed by atoms with van der Waals surface area (Å²) in [5, 5.41) is 7.26. The van der Waals surface area contributed by atoms with Crippen molar-refractivity contribution < 1.29 is 4.42 Å². The quantitative estimate of drug-likeness (QED) is 0.233. The minimum atomic E-state index is 0.916. The lowest BCUT2D eigenvalue weighted by atomic mass is 10.0. The average Bonchev–Trinajstić information content (AvgIpc) is 3.64. The third-order valence-corrected chi connectivity index (χ3v) is 8.09. The van der Waals surface area contributed by atoms with Crippen LogP contribution in [0.4, 0.5) is 0 Å². The standard InChI is InChI=1S/C36H22N2O/c1-3-11-23(12-4-1)37-29-17-9-7-15-25(29)27-21-32-28(22-31(27)37)35-30(38(32)24-13-5-2-6-14-24)19-20-34-36(35)26-16-8-10-18-33(26)39-34/h1-22H. The third kappa shape index (κ3) is 2.76. The molecule has 0 radical (unpaired) electrons. The molecule has 0 unspecified atom stereocenters. The molecule has 3 heterocycles. The largest absolute Gasteiger partial charge is 0.456 e. The molecular weight excluding hydrogens is 476 g/mol. The maximum atomic E-state index is 6.34. The van der Waals surface area contributed by atoms with E-state index in [0.717, 1.165) is 27.9 Å². The van der Waals surface area contributed by atoms with E-state index < -0.39 is 0 Å². The lowest BCUT2D eigenvalue weighted by Crippen LogP contribution is -1.94. The smallest absolute Gasteiger partial charge is 0.136 e. The first kappa shape index (κ1) is 20.7. The van der Waals surface area contributed by atoms with Gasteiger partial charge in [0.25, 0.3) is 0 Å². The number of hydrogen-bond acceptors (Lipinski definition) is 1. The number of fused-ring (bicyclic) bond motifs is 10. The number of nitrogens with zero attached hydrogens (tertiary/aromatic N) is 2. The summed E-state index contributed by atoms with van der Waals surface area (Å²) >= 11 is 0. The Morgan fingerprint density at radius 3 is 1.72 bits per heavy atom. The van der Waals surface area contributed by atoms with Gasteiger partial charge in [-0.2, -0.15) is 0 Å². The van der Waals surface area contributed by atoms with Crippen molar-refractivity contribution in [1.29, 1.82) is 0 Å². The van der Waals surface area contributed by atoms with E-state index >= 15 is 0 Å². The van der Waals surface area contributed by atoms with Gasteiger partial charge in [-0.3, -0.25) is 0 Å². The van der Waals surface area contributed by atoms with Crippen molar-refractivity contribution in [2.75, 3.05) is 0 Å². The van der Waals surface area contributed by atoms with Crippen molar-refractivity contribution in [2.24, 2.45) is 0 Å². The highest BCUT2D eigenvalue weighted by Crippen LogP contribution is 2.44. The van der Waals surface area contributed by atoms with Crippen LogP contribution in [0.25, 0.3) is 76.9 Å². The fraction of sp³-hybridized carbons (Fsp3) is 0. The predicted molar refractivity (Wildman–Crippen MR) is 162 cm³/mol. The molecule has 0 saturated carbocycles. The van der Waals surface area contributed by atoms with Gasteiger partial charge in [0.05, 0.1) is 22.1 Å². The zero-order chi connectivity index (χ0) is 25.5. The van der Waals surface area contributed by atoms with Gasteiger partial charge < -0.3 is 13.6 Å². The Morgan fingerprint density at radius 2 is 0.949 bits per heavy atom. The second kappa shape index (κ2) is 7.62. The van der Waals surface area contributed by atoms with E-state index in [1.165, 1.54) is 49.0 Å². The normalized spacial score (nSPS) is 12.1. The molecule has 0 saturated heterocycles. The van der Waals surface area contributed by atoms with Crippen molar-refractivity contribution in [3.05, 3.63) is 133 Å². The van der Waals surface area contributed by atoms with Gasteiger partial charge in [-0.25, -0.2) is 0 Å². The molecule has 0 aliphatic carbocycles. The molecule has 0 N–H and O–H groups in total. The van der Waals surface area contributed by atoms with Crippen LogP contribution < -0.4 is 0 Å². The van der Waals surface area contributed by atoms with Gasteiger partial charge in [0.2, 0.25) is 0 Å². The molecule has 39 heavy (non-hydrogen) atoms. The molecule has 3 nitrogen and oxygen atoms in total. The van der Waals surface area contributed by atoms with Crippen molar-refractivity contribution in [3.8, 4) is 11.4 Å². The fourth-order valence-electron chi connectivity index (χ4n) is 6.49. The molecule has 9 rings (SSSR count). The minimum absolute atomic E-state index is 0.916. The van der Waals surface area contributed by atoms with Gasteiger partial charge in [-0.05, 0) is 60.7 Å². The van der Waals surface area contributed by atoms with E-state index in [9.17, 15) is 0 Å². The van der Waals surface area contributed by atoms with Crippen LogP contribution in [0.3, 0.4) is 0 Å².